The third kappa shape index (κ3) is 3.65. The van der Waals surface area contributed by atoms with E-state index in [0.29, 0.717) is 0 Å². The van der Waals surface area contributed by atoms with Crippen molar-refractivity contribution in [1.82, 2.24) is 0 Å². The van der Waals surface area contributed by atoms with Crippen LogP contribution in [0.1, 0.15) is 30.4 Å². The molecule has 0 aromatic heterocycles. The summed E-state index contributed by atoms with van der Waals surface area (Å²) >= 11 is 12.2. The van der Waals surface area contributed by atoms with Crippen LogP contribution in [0, 0.1) is 5.82 Å². The molecule has 0 spiro atoms. The Bertz CT molecular complexity index is 582. The molecule has 0 aliphatic rings. The summed E-state index contributed by atoms with van der Waals surface area (Å²) in [4.78, 5) is 0. The van der Waals surface area contributed by atoms with Crippen molar-refractivity contribution in [3.63, 3.8) is 0 Å². The van der Waals surface area contributed by atoms with Gasteiger partial charge in [-0.05, 0) is 49.2 Å². The number of ether oxygens (including phenoxy) is 1. The highest BCUT2D eigenvalue weighted by Crippen LogP contribution is 2.32. The molecule has 0 saturated carbocycles. The normalized spacial score (nSPS) is 12.5. The Morgan fingerprint density at radius 2 is 1.60 bits per heavy atom. The third-order valence-electron chi connectivity index (χ3n) is 2.78. The second kappa shape index (κ2) is 6.47. The minimum absolute atomic E-state index is 0.0768. The van der Waals surface area contributed by atoms with Gasteiger partial charge in [0, 0.05) is 0 Å². The maximum atomic E-state index is 13.1. The lowest BCUT2D eigenvalue weighted by Crippen LogP contribution is -2.05. The van der Waals surface area contributed by atoms with E-state index in [1.165, 1.54) is 6.07 Å². The number of rotatable bonds is 4. The van der Waals surface area contributed by atoms with E-state index in [1.807, 2.05) is 38.1 Å². The van der Waals surface area contributed by atoms with E-state index >= 15 is 0 Å². The highest BCUT2D eigenvalue weighted by Gasteiger charge is 2.13. The summed E-state index contributed by atoms with van der Waals surface area (Å²) in [6.07, 6.45) is 0.128. The summed E-state index contributed by atoms with van der Waals surface area (Å²) in [5.74, 6) is 0.352. The molecule has 1 nitrogen and oxygen atoms in total. The summed E-state index contributed by atoms with van der Waals surface area (Å²) < 4.78 is 18.7. The molecule has 1 unspecified atom stereocenters. The van der Waals surface area contributed by atoms with Gasteiger partial charge in [-0.15, -0.1) is 11.6 Å². The molecule has 106 valence electrons. The molecule has 0 aliphatic heterocycles. The van der Waals surface area contributed by atoms with Crippen molar-refractivity contribution in [3.8, 4) is 5.75 Å². The number of hydrogen-bond donors (Lipinski definition) is 0. The van der Waals surface area contributed by atoms with Gasteiger partial charge in [-0.25, -0.2) is 4.39 Å². The highest BCUT2D eigenvalue weighted by molar-refractivity contribution is 6.31. The molecule has 0 N–H and O–H groups in total. The van der Waals surface area contributed by atoms with Crippen LogP contribution >= 0.6 is 23.2 Å². The lowest BCUT2D eigenvalue weighted by Gasteiger charge is -2.13. The fraction of sp³-hybridized carbons (Fsp3) is 0.250. The van der Waals surface area contributed by atoms with Gasteiger partial charge in [-0.1, -0.05) is 29.8 Å². The Morgan fingerprint density at radius 3 is 2.15 bits per heavy atom. The van der Waals surface area contributed by atoms with Crippen LogP contribution in [0.5, 0.6) is 5.75 Å². The van der Waals surface area contributed by atoms with Gasteiger partial charge < -0.3 is 4.74 Å². The van der Waals surface area contributed by atoms with Crippen LogP contribution in [-0.4, -0.2) is 6.10 Å². The standard InChI is InChI=1S/C16H15Cl2FO/c1-10(2)20-13-6-3-11(4-7-13)16(18)12-5-8-15(19)14(17)9-12/h3-10,16H,1-2H3. The molecular weight excluding hydrogens is 298 g/mol. The van der Waals surface area contributed by atoms with Gasteiger partial charge in [0.25, 0.3) is 0 Å². The van der Waals surface area contributed by atoms with Crippen LogP contribution in [0.4, 0.5) is 4.39 Å². The molecule has 0 aliphatic carbocycles. The molecule has 20 heavy (non-hydrogen) atoms. The molecule has 0 bridgehead atoms. The van der Waals surface area contributed by atoms with E-state index in [9.17, 15) is 4.39 Å². The third-order valence-corrected chi connectivity index (χ3v) is 3.57. The first-order valence-corrected chi connectivity index (χ1v) is 7.14. The monoisotopic (exact) mass is 312 g/mol. The summed E-state index contributed by atoms with van der Waals surface area (Å²) in [6, 6.07) is 12.0. The minimum Gasteiger partial charge on any atom is -0.491 e. The zero-order valence-corrected chi connectivity index (χ0v) is 12.8. The molecule has 0 saturated heterocycles. The Balaban J connectivity index is 2.20. The zero-order chi connectivity index (χ0) is 14.7. The van der Waals surface area contributed by atoms with Gasteiger partial charge in [0.1, 0.15) is 11.6 Å². The van der Waals surface area contributed by atoms with Crippen molar-refractivity contribution in [1.29, 1.82) is 0 Å². The second-order valence-corrected chi connectivity index (χ2v) is 5.62. The summed E-state index contributed by atoms with van der Waals surface area (Å²) in [5.41, 5.74) is 1.67. The van der Waals surface area contributed by atoms with Crippen LogP contribution < -0.4 is 4.74 Å². The number of halogens is 3. The molecule has 0 radical (unpaired) electrons. The molecule has 0 fully saturated rings. The van der Waals surface area contributed by atoms with Gasteiger partial charge in [0.15, 0.2) is 0 Å². The van der Waals surface area contributed by atoms with E-state index in [1.54, 1.807) is 12.1 Å². The van der Waals surface area contributed by atoms with E-state index in [-0.39, 0.29) is 16.5 Å². The van der Waals surface area contributed by atoms with Crippen molar-refractivity contribution in [2.24, 2.45) is 0 Å². The maximum Gasteiger partial charge on any atom is 0.141 e. The fourth-order valence-corrected chi connectivity index (χ4v) is 2.32. The SMILES string of the molecule is CC(C)Oc1ccc(C(Cl)c2ccc(F)c(Cl)c2)cc1. The van der Waals surface area contributed by atoms with Crippen LogP contribution in [0.3, 0.4) is 0 Å². The smallest absolute Gasteiger partial charge is 0.141 e. The van der Waals surface area contributed by atoms with Crippen LogP contribution in [0.15, 0.2) is 42.5 Å². The average molecular weight is 313 g/mol. The van der Waals surface area contributed by atoms with Gasteiger partial charge in [0.2, 0.25) is 0 Å². The molecular formula is C16H15Cl2FO. The van der Waals surface area contributed by atoms with Crippen molar-refractivity contribution in [3.05, 3.63) is 64.4 Å². The van der Waals surface area contributed by atoms with Crippen LogP contribution in [0.25, 0.3) is 0 Å². The topological polar surface area (TPSA) is 9.23 Å². The first kappa shape index (κ1) is 15.1. The predicted octanol–water partition coefficient (Wildman–Crippen LogP) is 5.59. The molecule has 2 aromatic rings. The van der Waals surface area contributed by atoms with Crippen molar-refractivity contribution >= 4 is 23.2 Å². The number of alkyl halides is 1. The van der Waals surface area contributed by atoms with E-state index in [4.69, 9.17) is 27.9 Å². The molecule has 0 heterocycles. The van der Waals surface area contributed by atoms with Gasteiger partial charge >= 0.3 is 0 Å². The Morgan fingerprint density at radius 1 is 1.00 bits per heavy atom. The van der Waals surface area contributed by atoms with E-state index < -0.39 is 5.82 Å². The van der Waals surface area contributed by atoms with Crippen molar-refractivity contribution < 1.29 is 9.13 Å². The largest absolute Gasteiger partial charge is 0.491 e. The molecule has 4 heteroatoms. The number of benzene rings is 2. The first-order valence-electron chi connectivity index (χ1n) is 6.33. The predicted molar refractivity (Wildman–Crippen MR) is 81.3 cm³/mol. The minimum atomic E-state index is -0.444. The lowest BCUT2D eigenvalue weighted by molar-refractivity contribution is 0.242. The molecule has 1 atom stereocenters. The fourth-order valence-electron chi connectivity index (χ4n) is 1.85. The Labute approximate surface area is 128 Å². The summed E-state index contributed by atoms with van der Waals surface area (Å²) in [5, 5.41) is -0.297. The Kier molecular flexibility index (Phi) is 4.90. The van der Waals surface area contributed by atoms with Crippen LogP contribution in [0.2, 0.25) is 5.02 Å². The van der Waals surface area contributed by atoms with Crippen LogP contribution in [-0.2, 0) is 0 Å². The van der Waals surface area contributed by atoms with Gasteiger partial charge in [0.05, 0.1) is 16.5 Å². The van der Waals surface area contributed by atoms with E-state index in [2.05, 4.69) is 0 Å². The van der Waals surface area contributed by atoms with Crippen molar-refractivity contribution in [2.75, 3.05) is 0 Å². The molecule has 2 aromatic carbocycles. The quantitative estimate of drug-likeness (QED) is 0.668. The second-order valence-electron chi connectivity index (χ2n) is 4.77. The maximum absolute atomic E-state index is 13.1. The number of hydrogen-bond acceptors (Lipinski definition) is 1. The lowest BCUT2D eigenvalue weighted by atomic mass is 10.0. The summed E-state index contributed by atoms with van der Waals surface area (Å²) in [7, 11) is 0. The zero-order valence-electron chi connectivity index (χ0n) is 11.2. The van der Waals surface area contributed by atoms with Gasteiger partial charge in [-0.3, -0.25) is 0 Å². The first-order chi connectivity index (χ1) is 9.47. The van der Waals surface area contributed by atoms with Crippen molar-refractivity contribution in [2.45, 2.75) is 25.3 Å². The summed E-state index contributed by atoms with van der Waals surface area (Å²) in [6.45, 7) is 3.94. The highest BCUT2D eigenvalue weighted by atomic mass is 35.5. The Hall–Kier alpha value is -1.25. The van der Waals surface area contributed by atoms with Gasteiger partial charge in [-0.2, -0.15) is 0 Å². The molecule has 0 amide bonds. The van der Waals surface area contributed by atoms with E-state index in [0.717, 1.165) is 16.9 Å². The molecule has 2 rings (SSSR count). The average Bonchev–Trinajstić information content (AvgIpc) is 2.41.